The van der Waals surface area contributed by atoms with Crippen LogP contribution in [-0.2, 0) is 16.1 Å². The number of nitrogens with zero attached hydrogens (tertiary/aromatic N) is 1. The van der Waals surface area contributed by atoms with Crippen molar-refractivity contribution in [2.24, 2.45) is 5.73 Å². The fourth-order valence-electron chi connectivity index (χ4n) is 3.45. The minimum Gasteiger partial charge on any atom is -0.385 e. The van der Waals surface area contributed by atoms with E-state index >= 15 is 0 Å². The number of unbranched alkanes of at least 4 members (excludes halogenated alkanes) is 2. The Morgan fingerprint density at radius 3 is 2.77 bits per heavy atom. The van der Waals surface area contributed by atoms with Gasteiger partial charge in [0.05, 0.1) is 0 Å². The van der Waals surface area contributed by atoms with Crippen molar-refractivity contribution in [2.75, 3.05) is 18.4 Å². The van der Waals surface area contributed by atoms with Crippen LogP contribution in [0.4, 0.5) is 10.1 Å². The monoisotopic (exact) mass is 362 g/mol. The van der Waals surface area contributed by atoms with Crippen molar-refractivity contribution >= 4 is 23.4 Å². The van der Waals surface area contributed by atoms with Crippen LogP contribution in [0, 0.1) is 5.82 Å². The number of amides is 3. The number of nitrogens with two attached hydrogens (primary N) is 1. The predicted molar refractivity (Wildman–Crippen MR) is 93.8 cm³/mol. The lowest BCUT2D eigenvalue weighted by Gasteiger charge is -2.29. The van der Waals surface area contributed by atoms with Crippen LogP contribution in [0.2, 0.25) is 0 Å². The zero-order valence-electron chi connectivity index (χ0n) is 14.5. The van der Waals surface area contributed by atoms with Crippen molar-refractivity contribution in [3.05, 3.63) is 29.1 Å². The molecule has 2 aliphatic rings. The molecule has 0 spiro atoms. The topological polar surface area (TPSA) is 105 Å². The Bertz CT molecular complexity index is 737. The summed E-state index contributed by atoms with van der Waals surface area (Å²) in [6.45, 7) is 1.53. The molecule has 1 aromatic carbocycles. The minimum absolute atomic E-state index is 0.192. The highest BCUT2D eigenvalue weighted by Crippen LogP contribution is 2.33. The van der Waals surface area contributed by atoms with E-state index < -0.39 is 17.8 Å². The Kier molecular flexibility index (Phi) is 5.51. The van der Waals surface area contributed by atoms with Gasteiger partial charge in [-0.15, -0.1) is 0 Å². The van der Waals surface area contributed by atoms with Crippen molar-refractivity contribution in [3.63, 3.8) is 0 Å². The average molecular weight is 362 g/mol. The number of carbonyl (C=O) groups is 3. The molecule has 0 saturated carbocycles. The van der Waals surface area contributed by atoms with Gasteiger partial charge in [-0.05, 0) is 37.9 Å². The van der Waals surface area contributed by atoms with Gasteiger partial charge in [-0.25, -0.2) is 4.39 Å². The Balaban J connectivity index is 1.75. The number of hydrogen-bond acceptors (Lipinski definition) is 5. The molecule has 7 nitrogen and oxygen atoms in total. The molecule has 1 atom stereocenters. The maximum absolute atomic E-state index is 14.0. The van der Waals surface area contributed by atoms with E-state index in [2.05, 4.69) is 10.6 Å². The second kappa shape index (κ2) is 7.82. The molecule has 2 aliphatic heterocycles. The Labute approximate surface area is 151 Å². The lowest BCUT2D eigenvalue weighted by molar-refractivity contribution is -0.136. The zero-order chi connectivity index (χ0) is 18.7. The number of imide groups is 1. The van der Waals surface area contributed by atoms with Gasteiger partial charge in [-0.1, -0.05) is 6.42 Å². The number of hydrogen-bond donors (Lipinski definition) is 3. The Hall–Kier alpha value is -2.48. The summed E-state index contributed by atoms with van der Waals surface area (Å²) >= 11 is 0. The molecule has 1 fully saturated rings. The molecule has 1 unspecified atom stereocenters. The molecular formula is C18H23FN4O3. The number of rotatable bonds is 7. The fraction of sp³-hybridized carbons (Fsp3) is 0.500. The summed E-state index contributed by atoms with van der Waals surface area (Å²) in [5.41, 5.74) is 7.02. The van der Waals surface area contributed by atoms with Crippen LogP contribution in [0.25, 0.3) is 0 Å². The maximum atomic E-state index is 14.0. The molecule has 2 heterocycles. The normalized spacial score (nSPS) is 19.5. The van der Waals surface area contributed by atoms with E-state index in [9.17, 15) is 18.8 Å². The molecule has 140 valence electrons. The van der Waals surface area contributed by atoms with E-state index in [0.717, 1.165) is 19.3 Å². The molecule has 26 heavy (non-hydrogen) atoms. The van der Waals surface area contributed by atoms with E-state index in [0.29, 0.717) is 24.3 Å². The largest absolute Gasteiger partial charge is 0.385 e. The first kappa shape index (κ1) is 18.3. The van der Waals surface area contributed by atoms with Crippen molar-refractivity contribution in [1.29, 1.82) is 0 Å². The van der Waals surface area contributed by atoms with Crippen LogP contribution >= 0.6 is 0 Å². The van der Waals surface area contributed by atoms with Crippen LogP contribution in [0.1, 0.15) is 48.0 Å². The highest BCUT2D eigenvalue weighted by atomic mass is 19.1. The van der Waals surface area contributed by atoms with Crippen LogP contribution in [-0.4, -0.2) is 41.8 Å². The number of benzene rings is 1. The molecular weight excluding hydrogens is 339 g/mol. The molecule has 0 bridgehead atoms. The summed E-state index contributed by atoms with van der Waals surface area (Å²) in [5, 5.41) is 5.45. The van der Waals surface area contributed by atoms with Crippen molar-refractivity contribution in [1.82, 2.24) is 10.2 Å². The molecule has 3 amide bonds. The molecule has 4 N–H and O–H groups in total. The first-order valence-corrected chi connectivity index (χ1v) is 8.92. The van der Waals surface area contributed by atoms with Gasteiger partial charge < -0.3 is 16.0 Å². The van der Waals surface area contributed by atoms with Crippen LogP contribution in [0.15, 0.2) is 12.1 Å². The minimum atomic E-state index is -0.701. The predicted octanol–water partition coefficient (Wildman–Crippen LogP) is 1.13. The second-order valence-electron chi connectivity index (χ2n) is 6.66. The quantitative estimate of drug-likeness (QED) is 0.498. The van der Waals surface area contributed by atoms with Crippen molar-refractivity contribution in [2.45, 2.75) is 44.7 Å². The second-order valence-corrected chi connectivity index (χ2v) is 6.66. The summed E-state index contributed by atoms with van der Waals surface area (Å²) in [6, 6.07) is 1.89. The third-order valence-corrected chi connectivity index (χ3v) is 4.82. The van der Waals surface area contributed by atoms with Crippen LogP contribution < -0.4 is 16.4 Å². The molecule has 3 rings (SSSR count). The summed E-state index contributed by atoms with van der Waals surface area (Å²) in [6.07, 6.45) is 3.28. The van der Waals surface area contributed by atoms with Gasteiger partial charge in [0.15, 0.2) is 0 Å². The zero-order valence-corrected chi connectivity index (χ0v) is 14.5. The van der Waals surface area contributed by atoms with Gasteiger partial charge in [-0.2, -0.15) is 0 Å². The van der Waals surface area contributed by atoms with Gasteiger partial charge in [0.1, 0.15) is 11.9 Å². The van der Waals surface area contributed by atoms with Gasteiger partial charge in [0, 0.05) is 36.3 Å². The summed E-state index contributed by atoms with van der Waals surface area (Å²) in [7, 11) is 0. The standard InChI is InChI=1S/C18H23FN4O3/c19-11-8-12-13(14(9-11)21-7-3-1-2-6-20)10-23(18(12)26)15-4-5-16(24)22-17(15)25/h8-9,15,21H,1-7,10,20H2,(H,22,24,25). The average Bonchev–Trinajstić information content (AvgIpc) is 2.92. The number of nitrogens with one attached hydrogen (secondary N) is 2. The number of piperidine rings is 1. The van der Waals surface area contributed by atoms with Crippen molar-refractivity contribution in [3.8, 4) is 0 Å². The van der Waals surface area contributed by atoms with Gasteiger partial charge in [0.25, 0.3) is 5.91 Å². The Morgan fingerprint density at radius 2 is 2.04 bits per heavy atom. The molecule has 1 aromatic rings. The highest BCUT2D eigenvalue weighted by Gasteiger charge is 2.40. The first-order valence-electron chi connectivity index (χ1n) is 8.92. The third kappa shape index (κ3) is 3.70. The van der Waals surface area contributed by atoms with E-state index in [1.807, 2.05) is 0 Å². The summed E-state index contributed by atoms with van der Waals surface area (Å²) in [5.74, 6) is -1.67. The highest BCUT2D eigenvalue weighted by molar-refractivity contribution is 6.06. The van der Waals surface area contributed by atoms with Gasteiger partial charge >= 0.3 is 0 Å². The Morgan fingerprint density at radius 1 is 1.23 bits per heavy atom. The van der Waals surface area contributed by atoms with E-state index in [4.69, 9.17) is 5.73 Å². The molecule has 0 aliphatic carbocycles. The third-order valence-electron chi connectivity index (χ3n) is 4.82. The fourth-order valence-corrected chi connectivity index (χ4v) is 3.45. The number of fused-ring (bicyclic) bond motifs is 1. The van der Waals surface area contributed by atoms with Gasteiger partial charge in [0.2, 0.25) is 11.8 Å². The van der Waals surface area contributed by atoms with E-state index in [-0.39, 0.29) is 36.8 Å². The van der Waals surface area contributed by atoms with E-state index in [1.165, 1.54) is 17.0 Å². The first-order chi connectivity index (χ1) is 12.5. The van der Waals surface area contributed by atoms with Gasteiger partial charge in [-0.3, -0.25) is 19.7 Å². The smallest absolute Gasteiger partial charge is 0.255 e. The number of anilines is 1. The van der Waals surface area contributed by atoms with Crippen LogP contribution in [0.5, 0.6) is 0 Å². The maximum Gasteiger partial charge on any atom is 0.255 e. The summed E-state index contributed by atoms with van der Waals surface area (Å²) < 4.78 is 14.0. The lowest BCUT2D eigenvalue weighted by Crippen LogP contribution is -2.52. The SMILES string of the molecule is NCCCCCNc1cc(F)cc2c1CN(C1CCC(=O)NC1=O)C2=O. The van der Waals surface area contributed by atoms with Crippen LogP contribution in [0.3, 0.4) is 0 Å². The van der Waals surface area contributed by atoms with E-state index in [1.54, 1.807) is 0 Å². The number of carbonyl (C=O) groups excluding carboxylic acids is 3. The molecule has 0 radical (unpaired) electrons. The molecule has 1 saturated heterocycles. The molecule has 8 heteroatoms. The lowest BCUT2D eigenvalue weighted by atomic mass is 10.0. The number of halogens is 1. The molecule has 0 aromatic heterocycles. The summed E-state index contributed by atoms with van der Waals surface area (Å²) in [4.78, 5) is 37.5. The van der Waals surface area contributed by atoms with Crippen molar-refractivity contribution < 1.29 is 18.8 Å².